The second kappa shape index (κ2) is 6.08. The second-order valence-corrected chi connectivity index (χ2v) is 7.40. The quantitative estimate of drug-likeness (QED) is 0.307. The Balaban J connectivity index is 1.79. The lowest BCUT2D eigenvalue weighted by Gasteiger charge is -2.08. The summed E-state index contributed by atoms with van der Waals surface area (Å²) in [4.78, 5) is 0. The van der Waals surface area contributed by atoms with Crippen LogP contribution in [0.5, 0.6) is 0 Å². The van der Waals surface area contributed by atoms with Crippen LogP contribution in [0.15, 0.2) is 91.0 Å². The maximum atomic E-state index is 14.5. The standard InChI is InChI=1S/C24H15FS/c25-21-14-13-19(23-20-11-4-5-12-22(20)26-24(21)23)18-10-6-9-17(15-18)16-7-2-1-3-8-16/h1-15H. The molecule has 0 aliphatic heterocycles. The molecule has 0 aliphatic rings. The Morgan fingerprint density at radius 1 is 0.615 bits per heavy atom. The fourth-order valence-corrected chi connectivity index (χ4v) is 4.67. The van der Waals surface area contributed by atoms with E-state index in [4.69, 9.17) is 0 Å². The molecule has 0 saturated heterocycles. The first kappa shape index (κ1) is 15.3. The fraction of sp³-hybridized carbons (Fsp3) is 0. The molecule has 0 aliphatic carbocycles. The van der Waals surface area contributed by atoms with Crippen molar-refractivity contribution in [2.75, 3.05) is 0 Å². The van der Waals surface area contributed by atoms with E-state index in [9.17, 15) is 4.39 Å². The van der Waals surface area contributed by atoms with Gasteiger partial charge in [-0.05, 0) is 40.5 Å². The molecule has 5 rings (SSSR count). The molecule has 0 unspecified atom stereocenters. The number of hydrogen-bond donors (Lipinski definition) is 0. The monoisotopic (exact) mass is 354 g/mol. The van der Waals surface area contributed by atoms with Crippen molar-refractivity contribution >= 4 is 31.5 Å². The fourth-order valence-electron chi connectivity index (χ4n) is 3.53. The number of fused-ring (bicyclic) bond motifs is 3. The van der Waals surface area contributed by atoms with Crippen molar-refractivity contribution < 1.29 is 4.39 Å². The summed E-state index contributed by atoms with van der Waals surface area (Å²) in [5, 5.41) is 2.13. The lowest BCUT2D eigenvalue weighted by molar-refractivity contribution is 0.642. The van der Waals surface area contributed by atoms with Crippen LogP contribution in [0.1, 0.15) is 0 Å². The van der Waals surface area contributed by atoms with Gasteiger partial charge in [-0.2, -0.15) is 0 Å². The highest BCUT2D eigenvalue weighted by Crippen LogP contribution is 2.41. The number of hydrogen-bond acceptors (Lipinski definition) is 1. The van der Waals surface area contributed by atoms with Gasteiger partial charge in [-0.15, -0.1) is 11.3 Å². The molecule has 5 aromatic rings. The third-order valence-corrected chi connectivity index (χ3v) is 5.94. The Hall–Kier alpha value is -2.97. The second-order valence-electron chi connectivity index (χ2n) is 6.34. The van der Waals surface area contributed by atoms with Crippen LogP contribution in [0, 0.1) is 5.82 Å². The summed E-state index contributed by atoms with van der Waals surface area (Å²) in [6, 6.07) is 30.5. The van der Waals surface area contributed by atoms with Gasteiger partial charge in [0.1, 0.15) is 5.82 Å². The van der Waals surface area contributed by atoms with Crippen LogP contribution in [0.2, 0.25) is 0 Å². The van der Waals surface area contributed by atoms with Crippen molar-refractivity contribution in [1.82, 2.24) is 0 Å². The Kier molecular flexibility index (Phi) is 3.58. The van der Waals surface area contributed by atoms with Crippen molar-refractivity contribution in [3.63, 3.8) is 0 Å². The lowest BCUT2D eigenvalue weighted by Crippen LogP contribution is -1.84. The summed E-state index contributed by atoms with van der Waals surface area (Å²) in [6.07, 6.45) is 0. The molecule has 0 atom stereocenters. The van der Waals surface area contributed by atoms with E-state index in [1.165, 1.54) is 22.5 Å². The largest absolute Gasteiger partial charge is 0.205 e. The van der Waals surface area contributed by atoms with Crippen LogP contribution in [0.3, 0.4) is 0 Å². The Labute approximate surface area is 155 Å². The minimum absolute atomic E-state index is 0.149. The Morgan fingerprint density at radius 3 is 2.23 bits per heavy atom. The van der Waals surface area contributed by atoms with Gasteiger partial charge < -0.3 is 0 Å². The van der Waals surface area contributed by atoms with Crippen LogP contribution in [0.25, 0.3) is 42.4 Å². The zero-order chi connectivity index (χ0) is 17.5. The van der Waals surface area contributed by atoms with Crippen LogP contribution in [0.4, 0.5) is 4.39 Å². The highest BCUT2D eigenvalue weighted by molar-refractivity contribution is 7.26. The molecule has 0 radical (unpaired) electrons. The van der Waals surface area contributed by atoms with E-state index in [1.54, 1.807) is 6.07 Å². The minimum atomic E-state index is -0.149. The van der Waals surface area contributed by atoms with Gasteiger partial charge in [0.05, 0.1) is 4.70 Å². The molecule has 0 fully saturated rings. The van der Waals surface area contributed by atoms with Crippen molar-refractivity contribution in [2.24, 2.45) is 0 Å². The van der Waals surface area contributed by atoms with Crippen molar-refractivity contribution in [3.8, 4) is 22.3 Å². The molecular weight excluding hydrogens is 339 g/mol. The van der Waals surface area contributed by atoms with E-state index in [0.29, 0.717) is 0 Å². The molecule has 0 nitrogen and oxygen atoms in total. The number of rotatable bonds is 2. The first-order valence-electron chi connectivity index (χ1n) is 8.57. The highest BCUT2D eigenvalue weighted by atomic mass is 32.1. The third-order valence-electron chi connectivity index (χ3n) is 4.76. The third kappa shape index (κ3) is 2.42. The lowest BCUT2D eigenvalue weighted by atomic mass is 9.96. The first-order chi connectivity index (χ1) is 12.8. The number of benzene rings is 4. The molecule has 2 heteroatoms. The van der Waals surface area contributed by atoms with E-state index >= 15 is 0 Å². The van der Waals surface area contributed by atoms with E-state index in [0.717, 1.165) is 31.3 Å². The molecule has 1 aromatic heterocycles. The molecular formula is C24H15FS. The molecule has 1 heterocycles. The summed E-state index contributed by atoms with van der Waals surface area (Å²) in [6.45, 7) is 0. The van der Waals surface area contributed by atoms with Gasteiger partial charge in [0.2, 0.25) is 0 Å². The van der Waals surface area contributed by atoms with Gasteiger partial charge in [-0.1, -0.05) is 72.8 Å². The van der Waals surface area contributed by atoms with Crippen LogP contribution in [-0.4, -0.2) is 0 Å². The van der Waals surface area contributed by atoms with Gasteiger partial charge in [-0.3, -0.25) is 0 Å². The van der Waals surface area contributed by atoms with E-state index in [2.05, 4.69) is 48.5 Å². The SMILES string of the molecule is Fc1ccc(-c2cccc(-c3ccccc3)c2)c2c1sc1ccccc12. The summed E-state index contributed by atoms with van der Waals surface area (Å²) >= 11 is 1.52. The van der Waals surface area contributed by atoms with Gasteiger partial charge in [0.25, 0.3) is 0 Å². The van der Waals surface area contributed by atoms with Crippen molar-refractivity contribution in [1.29, 1.82) is 0 Å². The first-order valence-corrected chi connectivity index (χ1v) is 9.38. The van der Waals surface area contributed by atoms with Crippen LogP contribution < -0.4 is 0 Å². The van der Waals surface area contributed by atoms with Gasteiger partial charge >= 0.3 is 0 Å². The minimum Gasteiger partial charge on any atom is -0.205 e. The van der Waals surface area contributed by atoms with E-state index in [-0.39, 0.29) is 5.82 Å². The zero-order valence-corrected chi connectivity index (χ0v) is 14.8. The summed E-state index contributed by atoms with van der Waals surface area (Å²) in [7, 11) is 0. The Bertz CT molecular complexity index is 1240. The average molecular weight is 354 g/mol. The van der Waals surface area contributed by atoms with Crippen molar-refractivity contribution in [2.45, 2.75) is 0 Å². The molecule has 0 amide bonds. The summed E-state index contributed by atoms with van der Waals surface area (Å²) in [5.41, 5.74) is 4.54. The Morgan fingerprint density at radius 2 is 1.35 bits per heavy atom. The highest BCUT2D eigenvalue weighted by Gasteiger charge is 2.14. The molecule has 0 saturated carbocycles. The average Bonchev–Trinajstić information content (AvgIpc) is 3.10. The van der Waals surface area contributed by atoms with Crippen molar-refractivity contribution in [3.05, 3.63) is 96.8 Å². The predicted molar refractivity (Wildman–Crippen MR) is 110 cm³/mol. The van der Waals surface area contributed by atoms with Crippen LogP contribution >= 0.6 is 11.3 Å². The normalized spacial score (nSPS) is 11.3. The van der Waals surface area contributed by atoms with Crippen LogP contribution in [-0.2, 0) is 0 Å². The zero-order valence-electron chi connectivity index (χ0n) is 13.9. The number of halogens is 1. The summed E-state index contributed by atoms with van der Waals surface area (Å²) < 4.78 is 16.3. The van der Waals surface area contributed by atoms with Gasteiger partial charge in [-0.25, -0.2) is 4.39 Å². The maximum absolute atomic E-state index is 14.5. The topological polar surface area (TPSA) is 0 Å². The van der Waals surface area contributed by atoms with E-state index < -0.39 is 0 Å². The van der Waals surface area contributed by atoms with Gasteiger partial charge in [0, 0.05) is 15.5 Å². The van der Waals surface area contributed by atoms with Gasteiger partial charge in [0.15, 0.2) is 0 Å². The molecule has 0 spiro atoms. The maximum Gasteiger partial charge on any atom is 0.141 e. The molecule has 124 valence electrons. The molecule has 0 bridgehead atoms. The molecule has 26 heavy (non-hydrogen) atoms. The molecule has 0 N–H and O–H groups in total. The predicted octanol–water partition coefficient (Wildman–Crippen LogP) is 7.53. The summed E-state index contributed by atoms with van der Waals surface area (Å²) in [5.74, 6) is -0.149. The molecule has 4 aromatic carbocycles. The van der Waals surface area contributed by atoms with E-state index in [1.807, 2.05) is 36.4 Å². The number of thiophene rings is 1. The smallest absolute Gasteiger partial charge is 0.141 e.